The molecule has 1 aromatic heterocycles. The number of benzene rings is 2. The molecule has 23 heavy (non-hydrogen) atoms. The molecule has 3 aromatic rings. The molecular weight excluding hydrogens is 286 g/mol. The summed E-state index contributed by atoms with van der Waals surface area (Å²) in [4.78, 5) is 2.36. The van der Waals surface area contributed by atoms with Gasteiger partial charge in [0.25, 0.3) is 0 Å². The summed E-state index contributed by atoms with van der Waals surface area (Å²) in [5, 5.41) is 4.49. The van der Waals surface area contributed by atoms with Crippen molar-refractivity contribution in [2.24, 2.45) is 0 Å². The van der Waals surface area contributed by atoms with Crippen LogP contribution in [-0.2, 0) is 4.74 Å². The molecule has 0 saturated carbocycles. The molecule has 4 heteroatoms. The number of hydrogen-bond donors (Lipinski definition) is 0. The molecule has 0 N–H and O–H groups in total. The van der Waals surface area contributed by atoms with Crippen molar-refractivity contribution in [1.82, 2.24) is 9.78 Å². The van der Waals surface area contributed by atoms with E-state index in [1.54, 1.807) is 0 Å². The van der Waals surface area contributed by atoms with Gasteiger partial charge in [0, 0.05) is 24.3 Å². The molecule has 0 bridgehead atoms. The maximum Gasteiger partial charge on any atom is 0.0740 e. The van der Waals surface area contributed by atoms with Gasteiger partial charge in [-0.1, -0.05) is 30.3 Å². The third-order valence-electron chi connectivity index (χ3n) is 4.18. The van der Waals surface area contributed by atoms with Crippen LogP contribution in [0.25, 0.3) is 16.9 Å². The molecule has 4 nitrogen and oxygen atoms in total. The van der Waals surface area contributed by atoms with Gasteiger partial charge in [-0.15, -0.1) is 0 Å². The second kappa shape index (κ2) is 6.26. The minimum atomic E-state index is 0.805. The zero-order valence-corrected chi connectivity index (χ0v) is 12.9. The summed E-state index contributed by atoms with van der Waals surface area (Å²) in [6, 6.07) is 21.0. The summed E-state index contributed by atoms with van der Waals surface area (Å²) in [6.07, 6.45) is 1.85. The summed E-state index contributed by atoms with van der Waals surface area (Å²) in [6.45, 7) is 3.52. The van der Waals surface area contributed by atoms with Gasteiger partial charge in [0.2, 0.25) is 0 Å². The minimum Gasteiger partial charge on any atom is -0.378 e. The van der Waals surface area contributed by atoms with Crippen molar-refractivity contribution in [3.63, 3.8) is 0 Å². The van der Waals surface area contributed by atoms with E-state index in [9.17, 15) is 0 Å². The smallest absolute Gasteiger partial charge is 0.0740 e. The number of ether oxygens (including phenoxy) is 1. The molecule has 1 saturated heterocycles. The maximum absolute atomic E-state index is 5.41. The molecule has 2 heterocycles. The lowest BCUT2D eigenvalue weighted by molar-refractivity contribution is 0.122. The first-order valence-electron chi connectivity index (χ1n) is 7.94. The van der Waals surface area contributed by atoms with Crippen LogP contribution in [0, 0.1) is 0 Å². The molecule has 4 rings (SSSR count). The molecule has 0 unspecified atom stereocenters. The predicted molar refractivity (Wildman–Crippen MR) is 92.0 cm³/mol. The predicted octanol–water partition coefficient (Wildman–Crippen LogP) is 3.38. The van der Waals surface area contributed by atoms with Crippen LogP contribution in [0.15, 0.2) is 66.9 Å². The van der Waals surface area contributed by atoms with E-state index in [0.29, 0.717) is 0 Å². The van der Waals surface area contributed by atoms with E-state index >= 15 is 0 Å². The van der Waals surface area contributed by atoms with Crippen LogP contribution in [0.3, 0.4) is 0 Å². The summed E-state index contributed by atoms with van der Waals surface area (Å²) < 4.78 is 7.40. The quantitative estimate of drug-likeness (QED) is 0.743. The van der Waals surface area contributed by atoms with Gasteiger partial charge < -0.3 is 9.64 Å². The van der Waals surface area contributed by atoms with Gasteiger partial charge >= 0.3 is 0 Å². The van der Waals surface area contributed by atoms with Gasteiger partial charge in [-0.3, -0.25) is 0 Å². The van der Waals surface area contributed by atoms with E-state index in [4.69, 9.17) is 4.74 Å². The van der Waals surface area contributed by atoms with E-state index < -0.39 is 0 Å². The number of aromatic nitrogens is 2. The zero-order chi connectivity index (χ0) is 15.5. The van der Waals surface area contributed by atoms with Crippen LogP contribution in [0.2, 0.25) is 0 Å². The highest BCUT2D eigenvalue weighted by atomic mass is 16.5. The lowest BCUT2D eigenvalue weighted by atomic mass is 10.1. The van der Waals surface area contributed by atoms with Crippen LogP contribution in [0.4, 0.5) is 5.69 Å². The minimum absolute atomic E-state index is 0.805. The number of nitrogens with zero attached hydrogens (tertiary/aromatic N) is 3. The monoisotopic (exact) mass is 305 g/mol. The van der Waals surface area contributed by atoms with E-state index in [1.165, 1.54) is 11.3 Å². The van der Waals surface area contributed by atoms with Crippen LogP contribution in [0.1, 0.15) is 0 Å². The van der Waals surface area contributed by atoms with Gasteiger partial charge in [0.1, 0.15) is 0 Å². The topological polar surface area (TPSA) is 30.3 Å². The van der Waals surface area contributed by atoms with Gasteiger partial charge in [-0.25, -0.2) is 4.68 Å². The largest absolute Gasteiger partial charge is 0.378 e. The lowest BCUT2D eigenvalue weighted by Gasteiger charge is -2.28. The van der Waals surface area contributed by atoms with E-state index in [0.717, 1.165) is 37.7 Å². The fraction of sp³-hybridized carbons (Fsp3) is 0.211. The lowest BCUT2D eigenvalue weighted by Crippen LogP contribution is -2.36. The van der Waals surface area contributed by atoms with Crippen LogP contribution in [-0.4, -0.2) is 36.1 Å². The summed E-state index contributed by atoms with van der Waals surface area (Å²) in [7, 11) is 0. The van der Waals surface area contributed by atoms with E-state index in [1.807, 2.05) is 35.1 Å². The molecule has 1 fully saturated rings. The van der Waals surface area contributed by atoms with Crippen LogP contribution < -0.4 is 4.90 Å². The van der Waals surface area contributed by atoms with E-state index in [2.05, 4.69) is 46.4 Å². The maximum atomic E-state index is 5.41. The number of hydrogen-bond acceptors (Lipinski definition) is 3. The Morgan fingerprint density at radius 2 is 1.48 bits per heavy atom. The Bertz CT molecular complexity index is 759. The van der Waals surface area contributed by atoms with Gasteiger partial charge in [-0.2, -0.15) is 5.10 Å². The molecule has 0 atom stereocenters. The Kier molecular flexibility index (Phi) is 3.82. The highest BCUT2D eigenvalue weighted by Crippen LogP contribution is 2.24. The van der Waals surface area contributed by atoms with Gasteiger partial charge in [0.05, 0.1) is 30.8 Å². The van der Waals surface area contributed by atoms with Crippen LogP contribution >= 0.6 is 0 Å². The number of morpholine rings is 1. The zero-order valence-electron chi connectivity index (χ0n) is 12.9. The van der Waals surface area contributed by atoms with Gasteiger partial charge in [-0.05, 0) is 30.3 Å². The molecule has 0 amide bonds. The normalized spacial score (nSPS) is 14.9. The first kappa shape index (κ1) is 14.0. The Hall–Kier alpha value is -2.59. The fourth-order valence-electron chi connectivity index (χ4n) is 2.96. The summed E-state index contributed by atoms with van der Waals surface area (Å²) in [5.41, 5.74) is 4.59. The number of anilines is 1. The second-order valence-electron chi connectivity index (χ2n) is 5.61. The Balaban J connectivity index is 1.63. The standard InChI is InChI=1S/C19H19N3O/c1-2-4-16(5-3-1)19-10-11-20-22(19)18-8-6-17(7-9-18)21-12-14-23-15-13-21/h1-11H,12-15H2. The van der Waals surface area contributed by atoms with Crippen molar-refractivity contribution >= 4 is 5.69 Å². The fourth-order valence-corrected chi connectivity index (χ4v) is 2.96. The highest BCUT2D eigenvalue weighted by molar-refractivity contribution is 5.62. The van der Waals surface area contributed by atoms with Crippen molar-refractivity contribution in [2.45, 2.75) is 0 Å². The Labute approximate surface area is 135 Å². The number of rotatable bonds is 3. The summed E-state index contributed by atoms with van der Waals surface area (Å²) in [5.74, 6) is 0. The van der Waals surface area contributed by atoms with Crippen molar-refractivity contribution in [2.75, 3.05) is 31.2 Å². The highest BCUT2D eigenvalue weighted by Gasteiger charge is 2.12. The average molecular weight is 305 g/mol. The molecule has 116 valence electrons. The van der Waals surface area contributed by atoms with Crippen LogP contribution in [0.5, 0.6) is 0 Å². The van der Waals surface area contributed by atoms with Crippen molar-refractivity contribution < 1.29 is 4.74 Å². The first-order valence-corrected chi connectivity index (χ1v) is 7.94. The average Bonchev–Trinajstić information content (AvgIpc) is 3.13. The van der Waals surface area contributed by atoms with Gasteiger partial charge in [0.15, 0.2) is 0 Å². The third-order valence-corrected chi connectivity index (χ3v) is 4.18. The third kappa shape index (κ3) is 2.85. The molecule has 1 aliphatic rings. The molecule has 1 aliphatic heterocycles. The molecule has 0 aliphatic carbocycles. The van der Waals surface area contributed by atoms with Crippen molar-refractivity contribution in [3.05, 3.63) is 66.9 Å². The SMILES string of the molecule is c1ccc(-c2ccnn2-c2ccc(N3CCOCC3)cc2)cc1. The Morgan fingerprint density at radius 1 is 0.783 bits per heavy atom. The molecule has 0 spiro atoms. The molecule has 0 radical (unpaired) electrons. The second-order valence-corrected chi connectivity index (χ2v) is 5.61. The van der Waals surface area contributed by atoms with Crippen molar-refractivity contribution in [3.8, 4) is 16.9 Å². The van der Waals surface area contributed by atoms with E-state index in [-0.39, 0.29) is 0 Å². The summed E-state index contributed by atoms with van der Waals surface area (Å²) >= 11 is 0. The first-order chi connectivity index (χ1) is 11.4. The Morgan fingerprint density at radius 3 is 2.22 bits per heavy atom. The van der Waals surface area contributed by atoms with Crippen molar-refractivity contribution in [1.29, 1.82) is 0 Å². The molecule has 2 aromatic carbocycles. The molecular formula is C19H19N3O.